The maximum absolute atomic E-state index is 12.3. The van der Waals surface area contributed by atoms with E-state index in [2.05, 4.69) is 10.6 Å². The highest BCUT2D eigenvalue weighted by Gasteiger charge is 2.27. The number of nitrogens with one attached hydrogen (secondary N) is 2. The first kappa shape index (κ1) is 22.4. The Morgan fingerprint density at radius 1 is 1.31 bits per heavy atom. The Hall–Kier alpha value is -1.63. The normalized spacial score (nSPS) is 17.9. The zero-order chi connectivity index (χ0) is 18.4. The predicted molar refractivity (Wildman–Crippen MR) is 104 cm³/mol. The van der Waals surface area contributed by atoms with E-state index in [9.17, 15) is 9.59 Å². The molecule has 0 saturated carbocycles. The molecule has 1 saturated heterocycles. The summed E-state index contributed by atoms with van der Waals surface area (Å²) in [7, 11) is 0. The number of carbonyl (C=O) groups is 2. The van der Waals surface area contributed by atoms with E-state index >= 15 is 0 Å². The molecule has 2 atom stereocenters. The third-order valence-electron chi connectivity index (χ3n) is 4.39. The Morgan fingerprint density at radius 3 is 2.65 bits per heavy atom. The van der Waals surface area contributed by atoms with Gasteiger partial charge in [0.15, 0.2) is 0 Å². The lowest BCUT2D eigenvalue weighted by Gasteiger charge is -2.25. The van der Waals surface area contributed by atoms with Crippen molar-refractivity contribution in [1.82, 2.24) is 10.6 Å². The number of ether oxygens (including phenoxy) is 1. The first-order chi connectivity index (χ1) is 11.8. The van der Waals surface area contributed by atoms with Crippen LogP contribution >= 0.6 is 12.4 Å². The van der Waals surface area contributed by atoms with Gasteiger partial charge in [-0.25, -0.2) is 0 Å². The SMILES string of the molecule is CC(C)(C)[C@H](N)C(=O)NCc1cccc(C(=O)NCC2CCCO2)c1.Cl. The van der Waals surface area contributed by atoms with Crippen molar-refractivity contribution in [3.63, 3.8) is 0 Å². The number of benzene rings is 1. The zero-order valence-corrected chi connectivity index (χ0v) is 16.5. The summed E-state index contributed by atoms with van der Waals surface area (Å²) in [5.41, 5.74) is 7.08. The molecule has 2 amide bonds. The topological polar surface area (TPSA) is 93.5 Å². The number of hydrogen-bond acceptors (Lipinski definition) is 4. The van der Waals surface area contributed by atoms with Gasteiger partial charge in [0.05, 0.1) is 12.1 Å². The van der Waals surface area contributed by atoms with E-state index in [4.69, 9.17) is 10.5 Å². The van der Waals surface area contributed by atoms with E-state index < -0.39 is 6.04 Å². The molecule has 0 aliphatic carbocycles. The molecular weight excluding hydrogens is 354 g/mol. The summed E-state index contributed by atoms with van der Waals surface area (Å²) in [5, 5.41) is 5.73. The highest BCUT2D eigenvalue weighted by atomic mass is 35.5. The van der Waals surface area contributed by atoms with Gasteiger partial charge in [-0.2, -0.15) is 0 Å². The summed E-state index contributed by atoms with van der Waals surface area (Å²) in [6, 6.07) is 6.65. The number of hydrogen-bond donors (Lipinski definition) is 3. The Morgan fingerprint density at radius 2 is 2.04 bits per heavy atom. The first-order valence-electron chi connectivity index (χ1n) is 8.79. The van der Waals surface area contributed by atoms with E-state index in [1.54, 1.807) is 12.1 Å². The van der Waals surface area contributed by atoms with Crippen LogP contribution in [-0.2, 0) is 16.1 Å². The number of rotatable bonds is 6. The van der Waals surface area contributed by atoms with Crippen molar-refractivity contribution in [2.45, 2.75) is 52.3 Å². The summed E-state index contributed by atoms with van der Waals surface area (Å²) in [5.74, 6) is -0.323. The summed E-state index contributed by atoms with van der Waals surface area (Å²) < 4.78 is 5.50. The van der Waals surface area contributed by atoms with Gasteiger partial charge >= 0.3 is 0 Å². The minimum atomic E-state index is -0.578. The van der Waals surface area contributed by atoms with Gasteiger partial charge in [0.1, 0.15) is 0 Å². The third-order valence-corrected chi connectivity index (χ3v) is 4.39. The Labute approximate surface area is 161 Å². The fraction of sp³-hybridized carbons (Fsp3) is 0.579. The standard InChI is InChI=1S/C19H29N3O3.ClH/c1-19(2,3)16(20)18(24)21-11-13-6-4-7-14(10-13)17(23)22-12-15-8-5-9-25-15;/h4,6-7,10,15-16H,5,8-9,11-12,20H2,1-3H3,(H,21,24)(H,22,23);1H/t15?,16-;/m1./s1. The minimum absolute atomic E-state index is 0. The summed E-state index contributed by atoms with van der Waals surface area (Å²) in [4.78, 5) is 24.4. The van der Waals surface area contributed by atoms with Crippen LogP contribution in [-0.4, -0.2) is 37.1 Å². The van der Waals surface area contributed by atoms with Gasteiger partial charge in [-0.3, -0.25) is 9.59 Å². The lowest BCUT2D eigenvalue weighted by Crippen LogP contribution is -2.48. The van der Waals surface area contributed by atoms with E-state index in [0.717, 1.165) is 25.0 Å². The largest absolute Gasteiger partial charge is 0.376 e. The molecule has 0 radical (unpaired) electrons. The monoisotopic (exact) mass is 383 g/mol. The molecule has 1 aromatic rings. The molecule has 0 spiro atoms. The van der Waals surface area contributed by atoms with Crippen molar-refractivity contribution >= 4 is 24.2 Å². The second kappa shape index (κ2) is 9.90. The first-order valence-corrected chi connectivity index (χ1v) is 8.79. The summed E-state index contributed by atoms with van der Waals surface area (Å²) >= 11 is 0. The van der Waals surface area contributed by atoms with Crippen molar-refractivity contribution in [2.24, 2.45) is 11.1 Å². The van der Waals surface area contributed by atoms with Crippen molar-refractivity contribution in [2.75, 3.05) is 13.2 Å². The number of halogens is 1. The Kier molecular flexibility index (Phi) is 8.53. The highest BCUT2D eigenvalue weighted by Crippen LogP contribution is 2.17. The van der Waals surface area contributed by atoms with E-state index in [1.807, 2.05) is 32.9 Å². The van der Waals surface area contributed by atoms with Gasteiger partial charge in [0.2, 0.25) is 5.91 Å². The van der Waals surface area contributed by atoms with Crippen molar-refractivity contribution in [3.05, 3.63) is 35.4 Å². The van der Waals surface area contributed by atoms with E-state index in [1.165, 1.54) is 0 Å². The molecule has 7 heteroatoms. The van der Waals surface area contributed by atoms with Gasteiger partial charge in [0.25, 0.3) is 5.91 Å². The maximum atomic E-state index is 12.3. The van der Waals surface area contributed by atoms with Crippen LogP contribution in [0.5, 0.6) is 0 Å². The lowest BCUT2D eigenvalue weighted by molar-refractivity contribution is -0.124. The molecule has 146 valence electrons. The Bertz CT molecular complexity index is 610. The smallest absolute Gasteiger partial charge is 0.251 e. The number of nitrogens with two attached hydrogens (primary N) is 1. The molecule has 1 aliphatic rings. The van der Waals surface area contributed by atoms with Crippen LogP contribution in [0.3, 0.4) is 0 Å². The molecule has 0 bridgehead atoms. The molecule has 6 nitrogen and oxygen atoms in total. The van der Waals surface area contributed by atoms with Crippen LogP contribution in [0.2, 0.25) is 0 Å². The molecule has 26 heavy (non-hydrogen) atoms. The van der Waals surface area contributed by atoms with Gasteiger partial charge < -0.3 is 21.1 Å². The lowest BCUT2D eigenvalue weighted by atomic mass is 9.87. The average molecular weight is 384 g/mol. The van der Waals surface area contributed by atoms with E-state index in [0.29, 0.717) is 18.7 Å². The Balaban J connectivity index is 0.00000338. The average Bonchev–Trinajstić information content (AvgIpc) is 3.09. The fourth-order valence-electron chi connectivity index (χ4n) is 2.63. The molecule has 0 aromatic heterocycles. The quantitative estimate of drug-likeness (QED) is 0.700. The van der Waals surface area contributed by atoms with E-state index in [-0.39, 0.29) is 35.7 Å². The van der Waals surface area contributed by atoms with Crippen LogP contribution in [0, 0.1) is 5.41 Å². The van der Waals surface area contributed by atoms with Gasteiger partial charge in [-0.05, 0) is 36.0 Å². The van der Waals surface area contributed by atoms with Crippen LogP contribution in [0.15, 0.2) is 24.3 Å². The minimum Gasteiger partial charge on any atom is -0.376 e. The maximum Gasteiger partial charge on any atom is 0.251 e. The second-order valence-electron chi connectivity index (χ2n) is 7.61. The zero-order valence-electron chi connectivity index (χ0n) is 15.7. The van der Waals surface area contributed by atoms with Crippen molar-refractivity contribution in [3.8, 4) is 0 Å². The van der Waals surface area contributed by atoms with Crippen LogP contribution in [0.25, 0.3) is 0 Å². The summed E-state index contributed by atoms with van der Waals surface area (Å²) in [6.45, 7) is 7.42. The third kappa shape index (κ3) is 6.59. The molecule has 2 rings (SSSR count). The number of carbonyl (C=O) groups excluding carboxylic acids is 2. The van der Waals surface area contributed by atoms with Crippen LogP contribution < -0.4 is 16.4 Å². The van der Waals surface area contributed by atoms with Crippen molar-refractivity contribution < 1.29 is 14.3 Å². The van der Waals surface area contributed by atoms with Gasteiger partial charge in [0, 0.05) is 25.3 Å². The predicted octanol–water partition coefficient (Wildman–Crippen LogP) is 2.01. The molecule has 1 fully saturated rings. The molecule has 1 aromatic carbocycles. The van der Waals surface area contributed by atoms with Crippen LogP contribution in [0.1, 0.15) is 49.5 Å². The fourth-order valence-corrected chi connectivity index (χ4v) is 2.63. The number of amides is 2. The molecule has 1 heterocycles. The molecule has 1 aliphatic heterocycles. The second-order valence-corrected chi connectivity index (χ2v) is 7.61. The molecular formula is C19H30ClN3O3. The molecule has 1 unspecified atom stereocenters. The van der Waals surface area contributed by atoms with Crippen LogP contribution in [0.4, 0.5) is 0 Å². The molecule has 4 N–H and O–H groups in total. The van der Waals surface area contributed by atoms with Crippen molar-refractivity contribution in [1.29, 1.82) is 0 Å². The van der Waals surface area contributed by atoms with Gasteiger partial charge in [-0.15, -0.1) is 12.4 Å². The van der Waals surface area contributed by atoms with Gasteiger partial charge in [-0.1, -0.05) is 32.9 Å². The summed E-state index contributed by atoms with van der Waals surface area (Å²) in [6.07, 6.45) is 2.15. The highest BCUT2D eigenvalue weighted by molar-refractivity contribution is 5.94.